The number of benzene rings is 1. The van der Waals surface area contributed by atoms with Crippen LogP contribution in [-0.4, -0.2) is 22.8 Å². The maximum absolute atomic E-state index is 12.0. The molecule has 1 heterocycles. The van der Waals surface area contributed by atoms with Crippen LogP contribution in [0.3, 0.4) is 0 Å². The SMILES string of the molecule is CC1CSC(SC(C)c2ccc(OC(F)F)cc2)=N1. The first-order chi connectivity index (χ1) is 9.04. The fraction of sp³-hybridized carbons (Fsp3) is 0.462. The number of alkyl halides is 2. The minimum absolute atomic E-state index is 0.192. The molecule has 19 heavy (non-hydrogen) atoms. The summed E-state index contributed by atoms with van der Waals surface area (Å²) in [5, 5.41) is 0.247. The molecule has 104 valence electrons. The Morgan fingerprint density at radius 3 is 2.58 bits per heavy atom. The van der Waals surface area contributed by atoms with Crippen LogP contribution in [0, 0.1) is 0 Å². The molecule has 0 aliphatic carbocycles. The lowest BCUT2D eigenvalue weighted by molar-refractivity contribution is -0.0498. The van der Waals surface area contributed by atoms with Crippen molar-refractivity contribution >= 4 is 27.9 Å². The van der Waals surface area contributed by atoms with Gasteiger partial charge in [-0.25, -0.2) is 0 Å². The molecule has 0 bridgehead atoms. The second-order valence-electron chi connectivity index (χ2n) is 4.26. The van der Waals surface area contributed by atoms with Gasteiger partial charge in [-0.2, -0.15) is 8.78 Å². The van der Waals surface area contributed by atoms with Gasteiger partial charge in [-0.3, -0.25) is 4.99 Å². The normalized spacial score (nSPS) is 20.5. The summed E-state index contributed by atoms with van der Waals surface area (Å²) in [4.78, 5) is 4.53. The molecule has 0 aromatic heterocycles. The van der Waals surface area contributed by atoms with Gasteiger partial charge in [-0.1, -0.05) is 35.7 Å². The summed E-state index contributed by atoms with van der Waals surface area (Å²) in [6.07, 6.45) is 0. The smallest absolute Gasteiger partial charge is 0.387 e. The van der Waals surface area contributed by atoms with Crippen molar-refractivity contribution in [2.24, 2.45) is 4.99 Å². The number of aliphatic imine (C=N–C) groups is 1. The van der Waals surface area contributed by atoms with Crippen molar-refractivity contribution in [3.63, 3.8) is 0 Å². The van der Waals surface area contributed by atoms with Gasteiger partial charge in [0.2, 0.25) is 0 Å². The third kappa shape index (κ3) is 4.38. The molecule has 0 saturated heterocycles. The van der Waals surface area contributed by atoms with Crippen molar-refractivity contribution in [2.45, 2.75) is 31.8 Å². The summed E-state index contributed by atoms with van der Waals surface area (Å²) in [6.45, 7) is 1.41. The van der Waals surface area contributed by atoms with Crippen molar-refractivity contribution in [1.82, 2.24) is 0 Å². The van der Waals surface area contributed by atoms with Crippen LogP contribution in [0.1, 0.15) is 24.7 Å². The van der Waals surface area contributed by atoms with E-state index in [-0.39, 0.29) is 11.0 Å². The Labute approximate surface area is 120 Å². The summed E-state index contributed by atoms with van der Waals surface area (Å²) < 4.78 is 29.5. The highest BCUT2D eigenvalue weighted by atomic mass is 32.2. The van der Waals surface area contributed by atoms with Crippen LogP contribution in [0.25, 0.3) is 0 Å². The quantitative estimate of drug-likeness (QED) is 0.813. The van der Waals surface area contributed by atoms with Crippen LogP contribution in [0.4, 0.5) is 8.78 Å². The maximum Gasteiger partial charge on any atom is 0.387 e. The Morgan fingerprint density at radius 2 is 2.05 bits per heavy atom. The van der Waals surface area contributed by atoms with E-state index in [1.807, 2.05) is 12.1 Å². The van der Waals surface area contributed by atoms with Crippen molar-refractivity contribution in [2.75, 3.05) is 5.75 Å². The highest BCUT2D eigenvalue weighted by Crippen LogP contribution is 2.36. The molecule has 0 spiro atoms. The summed E-state index contributed by atoms with van der Waals surface area (Å²) >= 11 is 3.48. The summed E-state index contributed by atoms with van der Waals surface area (Å²) in [5.41, 5.74) is 1.08. The average molecular weight is 303 g/mol. The molecular weight excluding hydrogens is 288 g/mol. The topological polar surface area (TPSA) is 21.6 Å². The predicted octanol–water partition coefficient (Wildman–Crippen LogP) is 4.57. The van der Waals surface area contributed by atoms with Gasteiger partial charge in [0.05, 0.1) is 6.04 Å². The number of nitrogens with zero attached hydrogens (tertiary/aromatic N) is 1. The second kappa shape index (κ2) is 6.61. The number of hydrogen-bond donors (Lipinski definition) is 0. The highest BCUT2D eigenvalue weighted by Gasteiger charge is 2.18. The van der Waals surface area contributed by atoms with Gasteiger partial charge in [0, 0.05) is 11.0 Å². The van der Waals surface area contributed by atoms with Crippen molar-refractivity contribution in [3.8, 4) is 5.75 Å². The molecule has 2 unspecified atom stereocenters. The molecule has 2 nitrogen and oxygen atoms in total. The van der Waals surface area contributed by atoms with Gasteiger partial charge in [0.1, 0.15) is 10.1 Å². The largest absolute Gasteiger partial charge is 0.435 e. The molecule has 0 saturated carbocycles. The zero-order valence-corrected chi connectivity index (χ0v) is 12.3. The number of thioether (sulfide) groups is 2. The van der Waals surface area contributed by atoms with E-state index in [9.17, 15) is 8.78 Å². The molecule has 1 aromatic carbocycles. The van der Waals surface area contributed by atoms with E-state index in [1.54, 1.807) is 35.7 Å². The van der Waals surface area contributed by atoms with Crippen LogP contribution in [0.2, 0.25) is 0 Å². The lowest BCUT2D eigenvalue weighted by Crippen LogP contribution is -2.01. The monoisotopic (exact) mass is 303 g/mol. The van der Waals surface area contributed by atoms with Crippen LogP contribution in [0.15, 0.2) is 29.3 Å². The van der Waals surface area contributed by atoms with Crippen molar-refractivity contribution < 1.29 is 13.5 Å². The number of ether oxygens (including phenoxy) is 1. The fourth-order valence-electron chi connectivity index (χ4n) is 1.65. The number of halogens is 2. The Balaban J connectivity index is 1.95. The Kier molecular flexibility index (Phi) is 5.10. The maximum atomic E-state index is 12.0. The average Bonchev–Trinajstić information content (AvgIpc) is 2.75. The van der Waals surface area contributed by atoms with E-state index in [4.69, 9.17) is 0 Å². The van der Waals surface area contributed by atoms with E-state index in [2.05, 4.69) is 23.6 Å². The Bertz CT molecular complexity index is 450. The molecule has 0 N–H and O–H groups in total. The fourth-order valence-corrected chi connectivity index (χ4v) is 4.11. The summed E-state index contributed by atoms with van der Waals surface area (Å²) in [5.74, 6) is 1.23. The third-order valence-electron chi connectivity index (χ3n) is 2.63. The van der Waals surface area contributed by atoms with Gasteiger partial charge in [0.25, 0.3) is 0 Å². The van der Waals surface area contributed by atoms with Gasteiger partial charge in [-0.05, 0) is 31.5 Å². The van der Waals surface area contributed by atoms with E-state index in [0.29, 0.717) is 6.04 Å². The first-order valence-electron chi connectivity index (χ1n) is 5.96. The Hall–Kier alpha value is -0.750. The zero-order chi connectivity index (χ0) is 13.8. The van der Waals surface area contributed by atoms with Gasteiger partial charge in [-0.15, -0.1) is 0 Å². The van der Waals surface area contributed by atoms with E-state index >= 15 is 0 Å². The van der Waals surface area contributed by atoms with E-state index < -0.39 is 6.61 Å². The summed E-state index contributed by atoms with van der Waals surface area (Å²) in [7, 11) is 0. The highest BCUT2D eigenvalue weighted by molar-refractivity contribution is 8.39. The number of rotatable bonds is 4. The van der Waals surface area contributed by atoms with Crippen LogP contribution < -0.4 is 4.74 Å². The molecule has 1 aliphatic heterocycles. The first kappa shape index (κ1) is 14.7. The molecule has 2 atom stereocenters. The minimum atomic E-state index is -2.77. The first-order valence-corrected chi connectivity index (χ1v) is 7.83. The lowest BCUT2D eigenvalue weighted by Gasteiger charge is -2.12. The molecule has 0 radical (unpaired) electrons. The van der Waals surface area contributed by atoms with Crippen LogP contribution in [0.5, 0.6) is 5.75 Å². The molecule has 1 aliphatic rings. The Morgan fingerprint density at radius 1 is 1.37 bits per heavy atom. The zero-order valence-electron chi connectivity index (χ0n) is 10.7. The standard InChI is InChI=1S/C13H15F2NOS2/c1-8-7-18-13(16-8)19-9(2)10-3-5-11(6-4-10)17-12(14)15/h3-6,8-9,12H,7H2,1-2H3. The van der Waals surface area contributed by atoms with Crippen LogP contribution in [-0.2, 0) is 0 Å². The third-order valence-corrected chi connectivity index (χ3v) is 5.20. The molecular formula is C13H15F2NOS2. The molecule has 2 rings (SSSR count). The van der Waals surface area contributed by atoms with E-state index in [0.717, 1.165) is 15.7 Å². The molecule has 0 fully saturated rings. The lowest BCUT2D eigenvalue weighted by atomic mass is 10.2. The predicted molar refractivity (Wildman–Crippen MR) is 78.4 cm³/mol. The second-order valence-corrected chi connectivity index (χ2v) is 6.86. The summed E-state index contributed by atoms with van der Waals surface area (Å²) in [6, 6.07) is 7.18. The minimum Gasteiger partial charge on any atom is -0.435 e. The van der Waals surface area contributed by atoms with Crippen molar-refractivity contribution in [3.05, 3.63) is 29.8 Å². The van der Waals surface area contributed by atoms with Gasteiger partial charge >= 0.3 is 6.61 Å². The van der Waals surface area contributed by atoms with Crippen LogP contribution >= 0.6 is 23.5 Å². The van der Waals surface area contributed by atoms with Crippen molar-refractivity contribution in [1.29, 1.82) is 0 Å². The van der Waals surface area contributed by atoms with Gasteiger partial charge in [0.15, 0.2) is 0 Å². The molecule has 0 amide bonds. The van der Waals surface area contributed by atoms with E-state index in [1.165, 1.54) is 0 Å². The molecule has 1 aromatic rings. The molecule has 6 heteroatoms. The number of hydrogen-bond acceptors (Lipinski definition) is 4. The van der Waals surface area contributed by atoms with Gasteiger partial charge < -0.3 is 4.74 Å².